The Labute approximate surface area is 96.8 Å². The van der Waals surface area contributed by atoms with Gasteiger partial charge in [0.1, 0.15) is 6.07 Å². The second-order valence-electron chi connectivity index (χ2n) is 2.91. The molecule has 0 atom stereocenters. The van der Waals surface area contributed by atoms with Gasteiger partial charge in [-0.05, 0) is 40.0 Å². The van der Waals surface area contributed by atoms with E-state index in [1.54, 1.807) is 12.1 Å². The average Bonchev–Trinajstić information content (AvgIpc) is 2.27. The second kappa shape index (κ2) is 4.94. The molecule has 0 fully saturated rings. The monoisotopic (exact) mass is 267 g/mol. The number of methoxy groups -OCH3 is 1. The van der Waals surface area contributed by atoms with E-state index in [0.29, 0.717) is 22.0 Å². The molecular weight excluding hydrogens is 258 g/mol. The maximum absolute atomic E-state index is 11.4. The Morgan fingerprint density at radius 1 is 1.60 bits per heavy atom. The number of hydrogen-bond donors (Lipinski definition) is 0. The molecular formula is C11H10BrNO2. The number of ether oxygens (including phenoxy) is 1. The molecule has 0 aromatic heterocycles. The average molecular weight is 268 g/mol. The quantitative estimate of drug-likeness (QED) is 0.775. The zero-order valence-corrected chi connectivity index (χ0v) is 10.1. The molecule has 0 N–H and O–H groups in total. The summed E-state index contributed by atoms with van der Waals surface area (Å²) in [5, 5.41) is 8.83. The normalized spacial score (nSPS) is 9.47. The lowest BCUT2D eigenvalue weighted by Crippen LogP contribution is -2.06. The van der Waals surface area contributed by atoms with Crippen molar-refractivity contribution in [1.82, 2.24) is 0 Å². The Morgan fingerprint density at radius 3 is 2.73 bits per heavy atom. The summed E-state index contributed by atoms with van der Waals surface area (Å²) in [6.45, 7) is 1.92. The summed E-state index contributed by atoms with van der Waals surface area (Å²) in [5.41, 5.74) is 1.84. The third kappa shape index (κ3) is 2.18. The van der Waals surface area contributed by atoms with Crippen molar-refractivity contribution in [1.29, 1.82) is 5.26 Å². The highest BCUT2D eigenvalue weighted by atomic mass is 79.9. The summed E-state index contributed by atoms with van der Waals surface area (Å²) in [6, 6.07) is 5.28. The lowest BCUT2D eigenvalue weighted by molar-refractivity contribution is 0.0599. The molecule has 0 saturated heterocycles. The minimum atomic E-state index is -0.378. The molecule has 0 saturated carbocycles. The number of halogens is 1. The van der Waals surface area contributed by atoms with Crippen LogP contribution in [-0.2, 0) is 11.2 Å². The molecule has 0 aliphatic carbocycles. The van der Waals surface area contributed by atoms with Gasteiger partial charge in [-0.1, -0.05) is 6.92 Å². The van der Waals surface area contributed by atoms with Gasteiger partial charge in [0.05, 0.1) is 18.2 Å². The predicted octanol–water partition coefficient (Wildman–Crippen LogP) is 2.67. The Hall–Kier alpha value is -1.34. The van der Waals surface area contributed by atoms with Crippen molar-refractivity contribution < 1.29 is 9.53 Å². The van der Waals surface area contributed by atoms with E-state index in [1.165, 1.54) is 7.11 Å². The summed E-state index contributed by atoms with van der Waals surface area (Å²) in [6.07, 6.45) is 0.667. The highest BCUT2D eigenvalue weighted by Crippen LogP contribution is 2.25. The van der Waals surface area contributed by atoms with E-state index in [4.69, 9.17) is 5.26 Å². The fourth-order valence-electron chi connectivity index (χ4n) is 1.35. The molecule has 0 aliphatic rings. The van der Waals surface area contributed by atoms with Crippen molar-refractivity contribution in [2.75, 3.05) is 7.11 Å². The van der Waals surface area contributed by atoms with E-state index in [0.717, 1.165) is 5.56 Å². The third-order valence-electron chi connectivity index (χ3n) is 2.12. The molecule has 4 heteroatoms. The Kier molecular flexibility index (Phi) is 3.87. The molecule has 15 heavy (non-hydrogen) atoms. The van der Waals surface area contributed by atoms with Crippen LogP contribution in [0.2, 0.25) is 0 Å². The van der Waals surface area contributed by atoms with Crippen LogP contribution < -0.4 is 0 Å². The molecule has 0 heterocycles. The van der Waals surface area contributed by atoms with Gasteiger partial charge in [0.25, 0.3) is 0 Å². The number of benzene rings is 1. The van der Waals surface area contributed by atoms with Crippen LogP contribution in [0.1, 0.15) is 28.4 Å². The van der Waals surface area contributed by atoms with Crippen LogP contribution in [0.4, 0.5) is 0 Å². The fraction of sp³-hybridized carbons (Fsp3) is 0.273. The first-order chi connectivity index (χ1) is 7.15. The molecule has 1 aromatic rings. The molecule has 3 nitrogen and oxygen atoms in total. The van der Waals surface area contributed by atoms with Crippen LogP contribution in [0.25, 0.3) is 0 Å². The van der Waals surface area contributed by atoms with Crippen LogP contribution in [0, 0.1) is 11.3 Å². The van der Waals surface area contributed by atoms with E-state index in [9.17, 15) is 4.79 Å². The zero-order valence-electron chi connectivity index (χ0n) is 8.50. The van der Waals surface area contributed by atoms with Crippen LogP contribution >= 0.6 is 15.9 Å². The van der Waals surface area contributed by atoms with Gasteiger partial charge in [-0.2, -0.15) is 5.26 Å². The molecule has 0 spiro atoms. The van der Waals surface area contributed by atoms with Gasteiger partial charge in [0, 0.05) is 4.47 Å². The molecule has 78 valence electrons. The van der Waals surface area contributed by atoms with Gasteiger partial charge < -0.3 is 4.74 Å². The lowest BCUT2D eigenvalue weighted by Gasteiger charge is -2.08. The van der Waals surface area contributed by atoms with Crippen molar-refractivity contribution in [3.8, 4) is 6.07 Å². The predicted molar refractivity (Wildman–Crippen MR) is 59.6 cm³/mol. The van der Waals surface area contributed by atoms with Gasteiger partial charge >= 0.3 is 5.97 Å². The minimum Gasteiger partial charge on any atom is -0.465 e. The van der Waals surface area contributed by atoms with Crippen LogP contribution in [0.3, 0.4) is 0 Å². The number of carbonyl (C=O) groups is 1. The Bertz CT molecular complexity index is 435. The van der Waals surface area contributed by atoms with E-state index in [2.05, 4.69) is 26.7 Å². The molecule has 1 rings (SSSR count). The smallest absolute Gasteiger partial charge is 0.338 e. The van der Waals surface area contributed by atoms with E-state index < -0.39 is 0 Å². The van der Waals surface area contributed by atoms with Crippen molar-refractivity contribution in [3.63, 3.8) is 0 Å². The number of nitrogens with zero attached hydrogens (tertiary/aromatic N) is 1. The van der Waals surface area contributed by atoms with E-state index >= 15 is 0 Å². The number of carbonyl (C=O) groups excluding carboxylic acids is 1. The molecule has 0 radical (unpaired) electrons. The molecule has 0 amide bonds. The first kappa shape index (κ1) is 11.7. The summed E-state index contributed by atoms with van der Waals surface area (Å²) in [7, 11) is 1.34. The van der Waals surface area contributed by atoms with Crippen molar-refractivity contribution in [2.45, 2.75) is 13.3 Å². The van der Waals surface area contributed by atoms with Gasteiger partial charge in [0.2, 0.25) is 0 Å². The first-order valence-corrected chi connectivity index (χ1v) is 5.24. The third-order valence-corrected chi connectivity index (χ3v) is 3.03. The number of esters is 1. The summed E-state index contributed by atoms with van der Waals surface area (Å²) < 4.78 is 5.34. The number of rotatable bonds is 2. The highest BCUT2D eigenvalue weighted by Gasteiger charge is 2.15. The van der Waals surface area contributed by atoms with Crippen molar-refractivity contribution in [3.05, 3.63) is 33.3 Å². The van der Waals surface area contributed by atoms with Crippen LogP contribution in [0.5, 0.6) is 0 Å². The summed E-state index contributed by atoms with van der Waals surface area (Å²) in [5.74, 6) is -0.378. The maximum Gasteiger partial charge on any atom is 0.338 e. The first-order valence-electron chi connectivity index (χ1n) is 4.45. The number of hydrogen-bond acceptors (Lipinski definition) is 3. The minimum absolute atomic E-state index is 0.378. The van der Waals surface area contributed by atoms with E-state index in [1.807, 2.05) is 6.92 Å². The molecule has 0 aliphatic heterocycles. The summed E-state index contributed by atoms with van der Waals surface area (Å²) >= 11 is 3.32. The standard InChI is InChI=1S/C11H10BrNO2/c1-3-8-9(11(14)15-2)5-4-7(6-13)10(8)12/h4-5H,3H2,1-2H3. The van der Waals surface area contributed by atoms with Crippen LogP contribution in [-0.4, -0.2) is 13.1 Å². The maximum atomic E-state index is 11.4. The topological polar surface area (TPSA) is 50.1 Å². The second-order valence-corrected chi connectivity index (χ2v) is 3.70. The molecule has 1 aromatic carbocycles. The molecule has 0 bridgehead atoms. The largest absolute Gasteiger partial charge is 0.465 e. The van der Waals surface area contributed by atoms with Crippen molar-refractivity contribution in [2.24, 2.45) is 0 Å². The van der Waals surface area contributed by atoms with Crippen molar-refractivity contribution >= 4 is 21.9 Å². The van der Waals surface area contributed by atoms with E-state index in [-0.39, 0.29) is 5.97 Å². The van der Waals surface area contributed by atoms with Crippen LogP contribution in [0.15, 0.2) is 16.6 Å². The lowest BCUT2D eigenvalue weighted by atomic mass is 10.0. The highest BCUT2D eigenvalue weighted by molar-refractivity contribution is 9.10. The fourth-order valence-corrected chi connectivity index (χ4v) is 2.07. The Balaban J connectivity index is 3.39. The SMILES string of the molecule is CCc1c(C(=O)OC)ccc(C#N)c1Br. The number of nitriles is 1. The van der Waals surface area contributed by atoms with Gasteiger partial charge in [-0.25, -0.2) is 4.79 Å². The van der Waals surface area contributed by atoms with Gasteiger partial charge in [-0.3, -0.25) is 0 Å². The summed E-state index contributed by atoms with van der Waals surface area (Å²) in [4.78, 5) is 11.4. The zero-order chi connectivity index (χ0) is 11.4. The van der Waals surface area contributed by atoms with Gasteiger partial charge in [0.15, 0.2) is 0 Å². The van der Waals surface area contributed by atoms with Gasteiger partial charge in [-0.15, -0.1) is 0 Å². The molecule has 0 unspecified atom stereocenters. The Morgan fingerprint density at radius 2 is 2.27 bits per heavy atom.